The molecular formula is C14H23NO2. The number of aliphatic hydroxyl groups is 1. The first-order valence-corrected chi connectivity index (χ1v) is 6.24. The van der Waals surface area contributed by atoms with Crippen molar-refractivity contribution in [1.29, 1.82) is 0 Å². The first-order valence-electron chi connectivity index (χ1n) is 6.24. The molecular weight excluding hydrogens is 214 g/mol. The molecule has 0 aliphatic rings. The Morgan fingerprint density at radius 1 is 1.24 bits per heavy atom. The molecule has 2 N–H and O–H groups in total. The summed E-state index contributed by atoms with van der Waals surface area (Å²) in [5.41, 5.74) is 1.40. The zero-order valence-corrected chi connectivity index (χ0v) is 10.6. The topological polar surface area (TPSA) is 41.5 Å². The Morgan fingerprint density at radius 3 is 2.71 bits per heavy atom. The average Bonchev–Trinajstić information content (AvgIpc) is 2.35. The van der Waals surface area contributed by atoms with Crippen LogP contribution in [0.15, 0.2) is 30.3 Å². The Balaban J connectivity index is 1.95. The Hall–Kier alpha value is -0.900. The van der Waals surface area contributed by atoms with Crippen LogP contribution in [0.25, 0.3) is 0 Å². The predicted octanol–water partition coefficient (Wildman–Crippen LogP) is 1.61. The maximum Gasteiger partial charge on any atom is 0.0897 e. The van der Waals surface area contributed by atoms with Gasteiger partial charge >= 0.3 is 0 Å². The summed E-state index contributed by atoms with van der Waals surface area (Å²) in [6.45, 7) is 1.96. The van der Waals surface area contributed by atoms with E-state index in [2.05, 4.69) is 29.6 Å². The van der Waals surface area contributed by atoms with Crippen LogP contribution in [0.3, 0.4) is 0 Å². The molecule has 96 valence electrons. The van der Waals surface area contributed by atoms with Crippen molar-refractivity contribution >= 4 is 0 Å². The van der Waals surface area contributed by atoms with Gasteiger partial charge in [-0.15, -0.1) is 0 Å². The maximum atomic E-state index is 9.40. The molecule has 0 spiro atoms. The van der Waals surface area contributed by atoms with Gasteiger partial charge in [0.05, 0.1) is 12.7 Å². The van der Waals surface area contributed by atoms with Crippen molar-refractivity contribution in [2.45, 2.75) is 25.4 Å². The van der Waals surface area contributed by atoms with Crippen LogP contribution < -0.4 is 5.32 Å². The molecule has 0 bridgehead atoms. The van der Waals surface area contributed by atoms with Gasteiger partial charge in [0.15, 0.2) is 0 Å². The van der Waals surface area contributed by atoms with Crippen LogP contribution in [0, 0.1) is 0 Å². The lowest BCUT2D eigenvalue weighted by Gasteiger charge is -2.10. The number of rotatable bonds is 9. The fourth-order valence-electron chi connectivity index (χ4n) is 1.74. The third kappa shape index (κ3) is 7.10. The molecule has 1 aromatic rings. The fraction of sp³-hybridized carbons (Fsp3) is 0.571. The van der Waals surface area contributed by atoms with Gasteiger partial charge in [-0.3, -0.25) is 0 Å². The van der Waals surface area contributed by atoms with Gasteiger partial charge < -0.3 is 15.2 Å². The molecule has 0 aliphatic heterocycles. The second-order valence-corrected chi connectivity index (χ2v) is 4.26. The van der Waals surface area contributed by atoms with Gasteiger partial charge in [0.2, 0.25) is 0 Å². The van der Waals surface area contributed by atoms with Crippen LogP contribution >= 0.6 is 0 Å². The van der Waals surface area contributed by atoms with Crippen molar-refractivity contribution in [2.24, 2.45) is 0 Å². The summed E-state index contributed by atoms with van der Waals surface area (Å²) in [5, 5.41) is 12.6. The summed E-state index contributed by atoms with van der Waals surface area (Å²) < 4.78 is 4.85. The number of aliphatic hydroxyl groups excluding tert-OH is 1. The van der Waals surface area contributed by atoms with E-state index in [0.29, 0.717) is 13.2 Å². The Morgan fingerprint density at radius 2 is 2.00 bits per heavy atom. The second-order valence-electron chi connectivity index (χ2n) is 4.26. The largest absolute Gasteiger partial charge is 0.389 e. The standard InChI is InChI=1S/C14H23NO2/c1-17-12-14(16)11-15-10-6-5-9-13-7-3-2-4-8-13/h2-4,7-8,14-16H,5-6,9-12H2,1H3. The number of hydrogen-bond donors (Lipinski definition) is 2. The van der Waals surface area contributed by atoms with E-state index in [0.717, 1.165) is 19.4 Å². The van der Waals surface area contributed by atoms with Crippen LogP contribution in [0.4, 0.5) is 0 Å². The number of benzene rings is 1. The third-order valence-corrected chi connectivity index (χ3v) is 2.65. The van der Waals surface area contributed by atoms with Crippen LogP contribution in [0.5, 0.6) is 0 Å². The highest BCUT2D eigenvalue weighted by atomic mass is 16.5. The summed E-state index contributed by atoms with van der Waals surface area (Å²) in [6, 6.07) is 10.5. The number of hydrogen-bond acceptors (Lipinski definition) is 3. The lowest BCUT2D eigenvalue weighted by atomic mass is 10.1. The van der Waals surface area contributed by atoms with E-state index >= 15 is 0 Å². The Bertz CT molecular complexity index is 277. The molecule has 17 heavy (non-hydrogen) atoms. The van der Waals surface area contributed by atoms with Crippen molar-refractivity contribution in [3.8, 4) is 0 Å². The van der Waals surface area contributed by atoms with E-state index in [-0.39, 0.29) is 0 Å². The molecule has 0 saturated carbocycles. The minimum atomic E-state index is -0.394. The highest BCUT2D eigenvalue weighted by Crippen LogP contribution is 2.03. The summed E-state index contributed by atoms with van der Waals surface area (Å²) in [5.74, 6) is 0. The zero-order chi connectivity index (χ0) is 12.3. The molecule has 3 nitrogen and oxygen atoms in total. The van der Waals surface area contributed by atoms with Gasteiger partial charge in [-0.1, -0.05) is 30.3 Å². The Labute approximate surface area is 104 Å². The van der Waals surface area contributed by atoms with Gasteiger partial charge in [-0.25, -0.2) is 0 Å². The maximum absolute atomic E-state index is 9.40. The van der Waals surface area contributed by atoms with Crippen LogP contribution in [0.1, 0.15) is 18.4 Å². The van der Waals surface area contributed by atoms with Crippen LogP contribution in [-0.4, -0.2) is 38.0 Å². The fourth-order valence-corrected chi connectivity index (χ4v) is 1.74. The van der Waals surface area contributed by atoms with Gasteiger partial charge in [0.1, 0.15) is 0 Å². The van der Waals surface area contributed by atoms with Crippen molar-refractivity contribution in [3.05, 3.63) is 35.9 Å². The van der Waals surface area contributed by atoms with Gasteiger partial charge in [-0.05, 0) is 31.4 Å². The van der Waals surface area contributed by atoms with E-state index in [1.54, 1.807) is 7.11 Å². The molecule has 3 heteroatoms. The van der Waals surface area contributed by atoms with E-state index in [9.17, 15) is 5.11 Å². The summed E-state index contributed by atoms with van der Waals surface area (Å²) >= 11 is 0. The van der Waals surface area contributed by atoms with Crippen LogP contribution in [-0.2, 0) is 11.2 Å². The van der Waals surface area contributed by atoms with Gasteiger partial charge in [-0.2, -0.15) is 0 Å². The first-order chi connectivity index (χ1) is 8.33. The van der Waals surface area contributed by atoms with E-state index in [1.807, 2.05) is 6.07 Å². The van der Waals surface area contributed by atoms with E-state index in [4.69, 9.17) is 4.74 Å². The molecule has 0 aromatic heterocycles. The number of methoxy groups -OCH3 is 1. The van der Waals surface area contributed by atoms with Crippen molar-refractivity contribution < 1.29 is 9.84 Å². The van der Waals surface area contributed by atoms with Crippen LogP contribution in [0.2, 0.25) is 0 Å². The first kappa shape index (κ1) is 14.2. The molecule has 1 rings (SSSR count). The van der Waals surface area contributed by atoms with Gasteiger partial charge in [0, 0.05) is 13.7 Å². The lowest BCUT2D eigenvalue weighted by Crippen LogP contribution is -2.30. The highest BCUT2D eigenvalue weighted by molar-refractivity contribution is 5.14. The predicted molar refractivity (Wildman–Crippen MR) is 70.1 cm³/mol. The molecule has 1 atom stereocenters. The van der Waals surface area contributed by atoms with Crippen molar-refractivity contribution in [1.82, 2.24) is 5.32 Å². The molecule has 0 amide bonds. The number of unbranched alkanes of at least 4 members (excludes halogenated alkanes) is 1. The van der Waals surface area contributed by atoms with E-state index in [1.165, 1.54) is 12.0 Å². The Kier molecular flexibility index (Phi) is 7.63. The van der Waals surface area contributed by atoms with Gasteiger partial charge in [0.25, 0.3) is 0 Å². The minimum absolute atomic E-state index is 0.394. The smallest absolute Gasteiger partial charge is 0.0897 e. The zero-order valence-electron chi connectivity index (χ0n) is 10.6. The third-order valence-electron chi connectivity index (χ3n) is 2.65. The number of nitrogens with one attached hydrogen (secondary N) is 1. The monoisotopic (exact) mass is 237 g/mol. The molecule has 1 aromatic carbocycles. The average molecular weight is 237 g/mol. The molecule has 1 unspecified atom stereocenters. The molecule has 0 aliphatic carbocycles. The summed E-state index contributed by atoms with van der Waals surface area (Å²) in [4.78, 5) is 0. The number of ether oxygens (including phenoxy) is 1. The molecule has 0 heterocycles. The SMILES string of the molecule is COCC(O)CNCCCCc1ccccc1. The van der Waals surface area contributed by atoms with Crippen molar-refractivity contribution in [3.63, 3.8) is 0 Å². The lowest BCUT2D eigenvalue weighted by molar-refractivity contribution is 0.0646. The van der Waals surface area contributed by atoms with E-state index < -0.39 is 6.10 Å². The van der Waals surface area contributed by atoms with Crippen molar-refractivity contribution in [2.75, 3.05) is 26.8 Å². The highest BCUT2D eigenvalue weighted by Gasteiger charge is 2.01. The molecule has 0 saturated heterocycles. The number of aryl methyl sites for hydroxylation is 1. The molecule has 0 radical (unpaired) electrons. The second kappa shape index (κ2) is 9.16. The molecule has 0 fully saturated rings. The normalized spacial score (nSPS) is 12.6. The minimum Gasteiger partial charge on any atom is -0.389 e. The quantitative estimate of drug-likeness (QED) is 0.641. The summed E-state index contributed by atoms with van der Waals surface area (Å²) in [7, 11) is 1.60. The summed E-state index contributed by atoms with van der Waals surface area (Å²) in [6.07, 6.45) is 3.05.